The van der Waals surface area contributed by atoms with E-state index in [0.717, 1.165) is 25.9 Å². The van der Waals surface area contributed by atoms with Crippen molar-refractivity contribution >= 4 is 34.8 Å². The summed E-state index contributed by atoms with van der Waals surface area (Å²) in [5.41, 5.74) is 1.23. The van der Waals surface area contributed by atoms with Gasteiger partial charge in [-0.05, 0) is 65.2 Å². The fraction of sp³-hybridized carbons (Fsp3) is 0.556. The summed E-state index contributed by atoms with van der Waals surface area (Å²) in [7, 11) is 0. The van der Waals surface area contributed by atoms with Gasteiger partial charge in [-0.25, -0.2) is 0 Å². The van der Waals surface area contributed by atoms with Gasteiger partial charge in [0.15, 0.2) is 0 Å². The Morgan fingerprint density at radius 3 is 2.52 bits per heavy atom. The van der Waals surface area contributed by atoms with Crippen molar-refractivity contribution in [1.82, 2.24) is 0 Å². The Kier molecular flexibility index (Phi) is 8.78. The lowest BCUT2D eigenvalue weighted by Gasteiger charge is -2.24. The fourth-order valence-corrected chi connectivity index (χ4v) is 2.83. The first-order valence-electron chi connectivity index (χ1n) is 7.82. The molecule has 5 heteroatoms. The molecule has 0 aliphatic carbocycles. The number of benzene rings is 1. The summed E-state index contributed by atoms with van der Waals surface area (Å²) in [6, 6.07) is 3.40. The molecule has 2 nitrogen and oxygen atoms in total. The second-order valence-electron chi connectivity index (χ2n) is 6.08. The molecule has 0 spiro atoms. The zero-order valence-electron chi connectivity index (χ0n) is 14.2. The molecule has 0 bridgehead atoms. The molecular weight excluding hydrogens is 355 g/mol. The second-order valence-corrected chi connectivity index (χ2v) is 7.24. The Morgan fingerprint density at radius 2 is 1.87 bits per heavy atom. The van der Waals surface area contributed by atoms with E-state index in [4.69, 9.17) is 44.3 Å². The van der Waals surface area contributed by atoms with Gasteiger partial charge >= 0.3 is 0 Å². The Morgan fingerprint density at radius 1 is 1.17 bits per heavy atom. The van der Waals surface area contributed by atoms with Crippen LogP contribution >= 0.6 is 34.8 Å². The maximum absolute atomic E-state index is 6.10. The predicted molar refractivity (Wildman–Crippen MR) is 100 cm³/mol. The molecule has 0 aliphatic rings. The van der Waals surface area contributed by atoms with Gasteiger partial charge in [0.05, 0.1) is 15.6 Å². The smallest absolute Gasteiger partial charge is 0.140 e. The monoisotopic (exact) mass is 378 g/mol. The standard InChI is InChI=1S/C18H25Cl3O2/c1-5-23-18(3,4)11-6-7-13(2)10-12-22-15-9-8-14(19)16(20)17(15)21/h8-10H,5-7,11-12H2,1-4H3. The third kappa shape index (κ3) is 7.34. The van der Waals surface area contributed by atoms with Crippen molar-refractivity contribution in [3.63, 3.8) is 0 Å². The van der Waals surface area contributed by atoms with Crippen LogP contribution in [0, 0.1) is 0 Å². The van der Waals surface area contributed by atoms with E-state index in [-0.39, 0.29) is 5.60 Å². The minimum absolute atomic E-state index is 0.0564. The molecule has 0 unspecified atom stereocenters. The number of ether oxygens (including phenoxy) is 2. The predicted octanol–water partition coefficient (Wildman–Crippen LogP) is 6.96. The highest BCUT2D eigenvalue weighted by molar-refractivity contribution is 6.48. The van der Waals surface area contributed by atoms with Gasteiger partial charge in [0.1, 0.15) is 17.4 Å². The average molecular weight is 380 g/mol. The van der Waals surface area contributed by atoms with Gasteiger partial charge in [-0.2, -0.15) is 0 Å². The third-order valence-corrected chi connectivity index (χ3v) is 4.83. The van der Waals surface area contributed by atoms with Crippen molar-refractivity contribution in [2.24, 2.45) is 0 Å². The topological polar surface area (TPSA) is 18.5 Å². The van der Waals surface area contributed by atoms with Gasteiger partial charge in [-0.15, -0.1) is 0 Å². The van der Waals surface area contributed by atoms with Crippen LogP contribution in [0.15, 0.2) is 23.8 Å². The Balaban J connectivity index is 2.42. The molecule has 1 aromatic carbocycles. The molecular formula is C18H25Cl3O2. The van der Waals surface area contributed by atoms with E-state index in [1.807, 2.05) is 6.92 Å². The van der Waals surface area contributed by atoms with Crippen LogP contribution in [0.1, 0.15) is 47.0 Å². The maximum atomic E-state index is 6.10. The summed E-state index contributed by atoms with van der Waals surface area (Å²) in [6.07, 6.45) is 5.20. The van der Waals surface area contributed by atoms with E-state index < -0.39 is 0 Å². The highest BCUT2D eigenvalue weighted by Gasteiger charge is 2.16. The molecule has 0 amide bonds. The second kappa shape index (κ2) is 9.78. The van der Waals surface area contributed by atoms with Crippen LogP contribution in [0.2, 0.25) is 15.1 Å². The van der Waals surface area contributed by atoms with Gasteiger partial charge in [-0.3, -0.25) is 0 Å². The zero-order chi connectivity index (χ0) is 17.5. The molecule has 0 aromatic heterocycles. The number of allylic oxidation sites excluding steroid dienone is 1. The van der Waals surface area contributed by atoms with E-state index >= 15 is 0 Å². The quantitative estimate of drug-likeness (QED) is 0.341. The van der Waals surface area contributed by atoms with Gasteiger partial charge in [0.2, 0.25) is 0 Å². The van der Waals surface area contributed by atoms with Crippen LogP contribution in [0.3, 0.4) is 0 Å². The van der Waals surface area contributed by atoms with Crippen LogP contribution in [0.4, 0.5) is 0 Å². The lowest BCUT2D eigenvalue weighted by atomic mass is 9.99. The van der Waals surface area contributed by atoms with Gasteiger partial charge in [0.25, 0.3) is 0 Å². The van der Waals surface area contributed by atoms with Crippen LogP contribution in [-0.2, 0) is 4.74 Å². The molecule has 0 aliphatic heterocycles. The molecule has 0 fully saturated rings. The molecule has 130 valence electrons. The third-order valence-electron chi connectivity index (χ3n) is 3.56. The molecule has 0 saturated heterocycles. The summed E-state index contributed by atoms with van der Waals surface area (Å²) < 4.78 is 11.4. The molecule has 0 radical (unpaired) electrons. The van der Waals surface area contributed by atoms with Crippen LogP contribution in [0.25, 0.3) is 0 Å². The van der Waals surface area contributed by atoms with Gasteiger partial charge in [0, 0.05) is 6.61 Å². The number of hydrogen-bond acceptors (Lipinski definition) is 2. The van der Waals surface area contributed by atoms with Crippen molar-refractivity contribution < 1.29 is 9.47 Å². The van der Waals surface area contributed by atoms with E-state index in [0.29, 0.717) is 27.4 Å². The minimum atomic E-state index is -0.0564. The molecule has 1 aromatic rings. The molecule has 0 heterocycles. The van der Waals surface area contributed by atoms with E-state index in [1.54, 1.807) is 12.1 Å². The maximum Gasteiger partial charge on any atom is 0.140 e. The molecule has 0 saturated carbocycles. The summed E-state index contributed by atoms with van der Waals surface area (Å²) >= 11 is 18.0. The zero-order valence-corrected chi connectivity index (χ0v) is 16.5. The van der Waals surface area contributed by atoms with E-state index in [1.165, 1.54) is 5.57 Å². The molecule has 1 rings (SSSR count). The summed E-state index contributed by atoms with van der Waals surface area (Å²) in [6.45, 7) is 9.60. The Bertz CT molecular complexity index is 539. The van der Waals surface area contributed by atoms with Crippen molar-refractivity contribution in [2.45, 2.75) is 52.6 Å². The summed E-state index contributed by atoms with van der Waals surface area (Å²) in [5.74, 6) is 0.544. The van der Waals surface area contributed by atoms with E-state index in [9.17, 15) is 0 Å². The largest absolute Gasteiger partial charge is 0.488 e. The lowest BCUT2D eigenvalue weighted by Crippen LogP contribution is -2.24. The van der Waals surface area contributed by atoms with Gasteiger partial charge in [-0.1, -0.05) is 40.4 Å². The Labute approximate surface area is 154 Å². The number of rotatable bonds is 9. The summed E-state index contributed by atoms with van der Waals surface area (Å²) in [4.78, 5) is 0. The molecule has 0 atom stereocenters. The number of halogens is 3. The lowest BCUT2D eigenvalue weighted by molar-refractivity contribution is -0.0173. The first kappa shape index (κ1) is 20.6. The molecule has 0 N–H and O–H groups in total. The van der Waals surface area contributed by atoms with E-state index in [2.05, 4.69) is 26.8 Å². The highest BCUT2D eigenvalue weighted by Crippen LogP contribution is 2.37. The first-order valence-corrected chi connectivity index (χ1v) is 8.96. The van der Waals surface area contributed by atoms with Crippen LogP contribution in [0.5, 0.6) is 5.75 Å². The van der Waals surface area contributed by atoms with Crippen molar-refractivity contribution in [1.29, 1.82) is 0 Å². The number of hydrogen-bond donors (Lipinski definition) is 0. The van der Waals surface area contributed by atoms with Crippen molar-refractivity contribution in [3.05, 3.63) is 38.8 Å². The average Bonchev–Trinajstić information content (AvgIpc) is 2.47. The SMILES string of the molecule is CCOC(C)(C)CCCC(C)=CCOc1ccc(Cl)c(Cl)c1Cl. The first-order chi connectivity index (χ1) is 10.8. The van der Waals surface area contributed by atoms with Crippen LogP contribution in [-0.4, -0.2) is 18.8 Å². The van der Waals surface area contributed by atoms with Crippen molar-refractivity contribution in [3.8, 4) is 5.75 Å². The molecule has 23 heavy (non-hydrogen) atoms. The minimum Gasteiger partial charge on any atom is -0.488 e. The summed E-state index contributed by atoms with van der Waals surface area (Å²) in [5, 5.41) is 1.10. The fourth-order valence-electron chi connectivity index (χ4n) is 2.25. The van der Waals surface area contributed by atoms with Crippen molar-refractivity contribution in [2.75, 3.05) is 13.2 Å². The Hall–Kier alpha value is -0.410. The van der Waals surface area contributed by atoms with Gasteiger partial charge < -0.3 is 9.47 Å². The van der Waals surface area contributed by atoms with Crippen LogP contribution < -0.4 is 4.74 Å². The highest BCUT2D eigenvalue weighted by atomic mass is 35.5. The normalized spacial score (nSPS) is 12.6.